The number of phenols is 4. The molecule has 33 heteroatoms. The number of hydrogen-bond donors (Lipinski definition) is 20. The Bertz CT molecular complexity index is 3490. The molecule has 0 radical (unpaired) electrons. The summed E-state index contributed by atoms with van der Waals surface area (Å²) in [7, 11) is 0. The number of unbranched alkanes of at least 4 members (excludes halogenated alkanes) is 5. The van der Waals surface area contributed by atoms with Crippen molar-refractivity contribution >= 4 is 77.0 Å². The summed E-state index contributed by atoms with van der Waals surface area (Å²) in [6, 6.07) is 6.96. The van der Waals surface area contributed by atoms with Crippen LogP contribution in [0.3, 0.4) is 0 Å². The van der Waals surface area contributed by atoms with E-state index in [4.69, 9.17) is 5.73 Å². The standard InChI is InChI=1S/C64H82N10O23/c1-34(75)70-43(25-3-8-30-66-52(80)35-16-12-20-39(48(35)76)60(88)89)56(84)71-45(26-4-9-31-67-53(81)36-17-13-21-40(49(36)77)61(90)91)58(86)72-44(24-2-7-29-65)57(85)73-46(27-5-10-32-68-54(82)37-18-14-22-41(50(37)78)62(92)93)59(87)74-47(64(96)97)28-6-11-33-69-55(83)38-19-15-23-42(51(38)79)63(94)95/h12-23,43-47,64,76-79,96-97H,2-11,24-33,65H2,1H3,(H,66,80)(H,67,81)(H,68,82)(H,69,83)(H,70,75)(H,71,84)(H,72,86)(H,73,85)(H,74,87)(H,88,89)(H,90,91)(H,92,93)(H,94,95). The largest absolute Gasteiger partial charge is 0.506 e. The fraction of sp³-hybridized carbons (Fsp3) is 0.422. The maximum Gasteiger partial charge on any atom is 0.339 e. The summed E-state index contributed by atoms with van der Waals surface area (Å²) in [5.41, 5.74) is 2.41. The van der Waals surface area contributed by atoms with Gasteiger partial charge in [-0.3, -0.25) is 43.2 Å². The van der Waals surface area contributed by atoms with Crippen molar-refractivity contribution in [2.75, 3.05) is 32.7 Å². The van der Waals surface area contributed by atoms with E-state index in [1.807, 2.05) is 0 Å². The van der Waals surface area contributed by atoms with Gasteiger partial charge in [0.25, 0.3) is 23.6 Å². The van der Waals surface area contributed by atoms with Gasteiger partial charge in [0.05, 0.1) is 28.3 Å². The van der Waals surface area contributed by atoms with E-state index in [-0.39, 0.29) is 145 Å². The third-order valence-electron chi connectivity index (χ3n) is 15.1. The third kappa shape index (κ3) is 24.7. The van der Waals surface area contributed by atoms with Gasteiger partial charge in [0.15, 0.2) is 6.29 Å². The summed E-state index contributed by atoms with van der Waals surface area (Å²) in [4.78, 5) is 168. The SMILES string of the molecule is CC(=O)NC(CCCCNC(=O)c1cccc(C(=O)O)c1O)C(=O)NC(CCCCNC(=O)c1cccc(C(=O)O)c1O)C(=O)NC(CCCCN)C(=O)NC(CCCCNC(=O)c1cccc(C(=O)O)c1O)C(=O)NC(CCCCNC(=O)c1cccc(C(=O)O)c1O)C(O)O. The lowest BCUT2D eigenvalue weighted by molar-refractivity contribution is -0.135. The quantitative estimate of drug-likeness (QED) is 0.0216. The summed E-state index contributed by atoms with van der Waals surface area (Å²) in [5, 5.41) is 123. The number of nitrogens with one attached hydrogen (secondary N) is 9. The Hall–Kier alpha value is -10.9. The van der Waals surface area contributed by atoms with E-state index < -0.39 is 159 Å². The number of carboxylic acids is 4. The van der Waals surface area contributed by atoms with Crippen molar-refractivity contribution < 1.29 is 113 Å². The number of carboxylic acid groups (broad SMARTS) is 4. The van der Waals surface area contributed by atoms with E-state index in [1.54, 1.807) is 0 Å². The van der Waals surface area contributed by atoms with Gasteiger partial charge in [0, 0.05) is 33.1 Å². The topological polar surface area (TPSA) is 558 Å². The van der Waals surface area contributed by atoms with Crippen molar-refractivity contribution in [3.05, 3.63) is 117 Å². The molecule has 21 N–H and O–H groups in total. The summed E-state index contributed by atoms with van der Waals surface area (Å²) in [5.74, 6) is -16.7. The van der Waals surface area contributed by atoms with Gasteiger partial charge in [-0.05, 0) is 151 Å². The number of benzene rings is 4. The van der Waals surface area contributed by atoms with E-state index in [1.165, 1.54) is 48.5 Å². The molecule has 0 bridgehead atoms. The molecular weight excluding hydrogens is 1280 g/mol. The van der Waals surface area contributed by atoms with E-state index in [0.717, 1.165) is 31.2 Å². The lowest BCUT2D eigenvalue weighted by Crippen LogP contribution is -2.59. The van der Waals surface area contributed by atoms with Crippen molar-refractivity contribution in [1.29, 1.82) is 0 Å². The van der Waals surface area contributed by atoms with Gasteiger partial charge in [-0.15, -0.1) is 0 Å². The van der Waals surface area contributed by atoms with E-state index in [2.05, 4.69) is 47.9 Å². The molecule has 5 unspecified atom stereocenters. The van der Waals surface area contributed by atoms with Gasteiger partial charge in [-0.2, -0.15) is 0 Å². The number of amides is 9. The first-order valence-electron chi connectivity index (χ1n) is 31.0. The smallest absolute Gasteiger partial charge is 0.339 e. The second kappa shape index (κ2) is 39.7. The Morgan fingerprint density at radius 2 is 0.577 bits per heavy atom. The monoisotopic (exact) mass is 1360 g/mol. The number of rotatable bonds is 42. The molecule has 9 amide bonds. The number of carbonyl (C=O) groups is 13. The highest BCUT2D eigenvalue weighted by molar-refractivity contribution is 6.04. The predicted molar refractivity (Wildman–Crippen MR) is 341 cm³/mol. The van der Waals surface area contributed by atoms with Gasteiger partial charge >= 0.3 is 23.9 Å². The Morgan fingerprint density at radius 1 is 0.340 bits per heavy atom. The van der Waals surface area contributed by atoms with Crippen molar-refractivity contribution in [2.24, 2.45) is 5.73 Å². The van der Waals surface area contributed by atoms with Gasteiger partial charge < -0.3 is 105 Å². The second-order valence-corrected chi connectivity index (χ2v) is 22.3. The Kier molecular flexibility index (Phi) is 32.1. The Labute approximate surface area is 555 Å². The second-order valence-electron chi connectivity index (χ2n) is 22.3. The number of aromatic hydroxyl groups is 4. The number of aromatic carboxylic acids is 4. The first-order chi connectivity index (χ1) is 46.1. The molecule has 4 rings (SSSR count). The van der Waals surface area contributed by atoms with Crippen LogP contribution in [0.1, 0.15) is 186 Å². The van der Waals surface area contributed by atoms with Crippen LogP contribution < -0.4 is 53.6 Å². The minimum Gasteiger partial charge on any atom is -0.506 e. The molecular formula is C64H82N10O23. The molecule has 0 saturated heterocycles. The summed E-state index contributed by atoms with van der Waals surface area (Å²) < 4.78 is 0. The zero-order valence-corrected chi connectivity index (χ0v) is 52.9. The highest BCUT2D eigenvalue weighted by atomic mass is 16.5. The molecule has 33 nitrogen and oxygen atoms in total. The van der Waals surface area contributed by atoms with E-state index in [0.29, 0.717) is 6.42 Å². The molecule has 4 aromatic rings. The summed E-state index contributed by atoms with van der Waals surface area (Å²) in [6.45, 7) is 0.946. The highest BCUT2D eigenvalue weighted by Crippen LogP contribution is 2.26. The van der Waals surface area contributed by atoms with Gasteiger partial charge in [-0.1, -0.05) is 24.3 Å². The molecule has 0 spiro atoms. The van der Waals surface area contributed by atoms with Crippen LogP contribution in [-0.2, 0) is 24.0 Å². The molecule has 0 fully saturated rings. The zero-order chi connectivity index (χ0) is 71.9. The third-order valence-corrected chi connectivity index (χ3v) is 15.1. The number of aliphatic hydroxyl groups excluding tert-OH is 1. The number of carbonyl (C=O) groups excluding carboxylic acids is 9. The van der Waals surface area contributed by atoms with Crippen molar-refractivity contribution in [2.45, 2.75) is 140 Å². The number of aliphatic hydroxyl groups is 2. The Morgan fingerprint density at radius 3 is 0.825 bits per heavy atom. The maximum absolute atomic E-state index is 14.6. The molecule has 526 valence electrons. The number of nitrogens with two attached hydrogens (primary N) is 1. The minimum absolute atomic E-state index is 0.0410. The van der Waals surface area contributed by atoms with Crippen molar-refractivity contribution in [1.82, 2.24) is 47.9 Å². The van der Waals surface area contributed by atoms with Crippen LogP contribution in [0.4, 0.5) is 0 Å². The molecule has 0 saturated carbocycles. The predicted octanol–water partition coefficient (Wildman–Crippen LogP) is 0.886. The van der Waals surface area contributed by atoms with E-state index in [9.17, 15) is 113 Å². The van der Waals surface area contributed by atoms with Crippen molar-refractivity contribution in [3.63, 3.8) is 0 Å². The molecule has 5 atom stereocenters. The van der Waals surface area contributed by atoms with Gasteiger partial charge in [0.1, 0.15) is 69.4 Å². The van der Waals surface area contributed by atoms with Gasteiger partial charge in [-0.25, -0.2) is 19.2 Å². The van der Waals surface area contributed by atoms with Crippen LogP contribution in [0, 0.1) is 0 Å². The number of hydrogen-bond acceptors (Lipinski definition) is 20. The normalized spacial score (nSPS) is 12.5. The summed E-state index contributed by atoms with van der Waals surface area (Å²) >= 11 is 0. The van der Waals surface area contributed by atoms with Gasteiger partial charge in [0.2, 0.25) is 29.5 Å². The van der Waals surface area contributed by atoms with Crippen LogP contribution in [0.15, 0.2) is 72.8 Å². The molecule has 0 aliphatic rings. The van der Waals surface area contributed by atoms with Crippen LogP contribution in [0.2, 0.25) is 0 Å². The fourth-order valence-electron chi connectivity index (χ4n) is 9.90. The first-order valence-corrected chi connectivity index (χ1v) is 31.0. The lowest BCUT2D eigenvalue weighted by atomic mass is 10.0. The van der Waals surface area contributed by atoms with Crippen molar-refractivity contribution in [3.8, 4) is 23.0 Å². The fourth-order valence-corrected chi connectivity index (χ4v) is 9.90. The minimum atomic E-state index is -2.20. The van der Waals surface area contributed by atoms with E-state index >= 15 is 0 Å². The average molecular weight is 1360 g/mol. The van der Waals surface area contributed by atoms with Crippen LogP contribution in [0.5, 0.6) is 23.0 Å². The average Bonchev–Trinajstić information content (AvgIpc) is 0.918. The molecule has 0 aliphatic heterocycles. The lowest BCUT2D eigenvalue weighted by Gasteiger charge is -2.28. The Balaban J connectivity index is 1.57. The maximum atomic E-state index is 14.6. The highest BCUT2D eigenvalue weighted by Gasteiger charge is 2.33. The molecule has 97 heavy (non-hydrogen) atoms. The molecule has 0 aliphatic carbocycles. The first kappa shape index (κ1) is 78.5. The molecule has 0 aromatic heterocycles. The summed E-state index contributed by atoms with van der Waals surface area (Å²) in [6.07, 6.45) is -1.52. The molecule has 4 aromatic carbocycles. The van der Waals surface area contributed by atoms with Crippen LogP contribution in [0.25, 0.3) is 0 Å². The zero-order valence-electron chi connectivity index (χ0n) is 52.9. The molecule has 0 heterocycles. The van der Waals surface area contributed by atoms with Crippen LogP contribution >= 0.6 is 0 Å². The van der Waals surface area contributed by atoms with Crippen LogP contribution in [-0.4, -0.2) is 197 Å². The number of para-hydroxylation sites is 4.